The summed E-state index contributed by atoms with van der Waals surface area (Å²) in [7, 11) is 1.60. The predicted molar refractivity (Wildman–Crippen MR) is 113 cm³/mol. The van der Waals surface area contributed by atoms with Gasteiger partial charge < -0.3 is 14.8 Å². The zero-order chi connectivity index (χ0) is 20.8. The van der Waals surface area contributed by atoms with Crippen molar-refractivity contribution < 1.29 is 14.3 Å². The number of amides is 2. The molecule has 0 bridgehead atoms. The van der Waals surface area contributed by atoms with Crippen LogP contribution < -0.4 is 20.1 Å². The van der Waals surface area contributed by atoms with Gasteiger partial charge in [-0.15, -0.1) is 5.10 Å². The predicted octanol–water partition coefficient (Wildman–Crippen LogP) is 4.55. The van der Waals surface area contributed by atoms with Crippen molar-refractivity contribution >= 4 is 11.8 Å². The zero-order valence-corrected chi connectivity index (χ0v) is 17.0. The molecule has 0 radical (unpaired) electrons. The van der Waals surface area contributed by atoms with E-state index in [9.17, 15) is 4.79 Å². The summed E-state index contributed by atoms with van der Waals surface area (Å²) >= 11 is 0. The molecular formula is C22H26N4O3. The molecule has 1 aromatic heterocycles. The molecule has 29 heavy (non-hydrogen) atoms. The van der Waals surface area contributed by atoms with Crippen LogP contribution in [0.1, 0.15) is 32.4 Å². The monoisotopic (exact) mass is 394 g/mol. The standard InChI is InChI=1S/C22H26N4O3/c1-15(2)29-19-11-10-17(14-20(19)28-4)16(3)23-22(27)24-21-12-13-26(25-21)18-8-6-5-7-9-18/h5-16H,1-4H3,(H2,23,24,25,27)/t16-/m1/s1. The molecule has 7 nitrogen and oxygen atoms in total. The van der Waals surface area contributed by atoms with Crippen molar-refractivity contribution in [3.8, 4) is 17.2 Å². The number of urea groups is 1. The number of para-hydroxylation sites is 1. The van der Waals surface area contributed by atoms with Crippen LogP contribution in [0.3, 0.4) is 0 Å². The minimum atomic E-state index is -0.336. The fraction of sp³-hybridized carbons (Fsp3) is 0.273. The maximum absolute atomic E-state index is 12.4. The number of aromatic nitrogens is 2. The first-order chi connectivity index (χ1) is 14.0. The van der Waals surface area contributed by atoms with Gasteiger partial charge in [-0.25, -0.2) is 9.48 Å². The number of ether oxygens (including phenoxy) is 2. The fourth-order valence-corrected chi connectivity index (χ4v) is 2.85. The van der Waals surface area contributed by atoms with Crippen LogP contribution in [0, 0.1) is 0 Å². The van der Waals surface area contributed by atoms with Crippen LogP contribution in [0.25, 0.3) is 5.69 Å². The molecule has 2 aromatic carbocycles. The molecule has 1 heterocycles. The molecule has 152 valence electrons. The van der Waals surface area contributed by atoms with E-state index in [0.29, 0.717) is 17.3 Å². The number of benzene rings is 2. The lowest BCUT2D eigenvalue weighted by Gasteiger charge is -2.18. The highest BCUT2D eigenvalue weighted by molar-refractivity contribution is 5.88. The summed E-state index contributed by atoms with van der Waals surface area (Å²) in [4.78, 5) is 12.4. The van der Waals surface area contributed by atoms with Crippen LogP contribution in [-0.4, -0.2) is 29.0 Å². The third kappa shape index (κ3) is 5.28. The molecule has 0 aliphatic carbocycles. The van der Waals surface area contributed by atoms with Crippen molar-refractivity contribution in [2.75, 3.05) is 12.4 Å². The van der Waals surface area contributed by atoms with Gasteiger partial charge in [-0.1, -0.05) is 24.3 Å². The molecule has 3 rings (SSSR count). The van der Waals surface area contributed by atoms with Gasteiger partial charge >= 0.3 is 6.03 Å². The summed E-state index contributed by atoms with van der Waals surface area (Å²) in [5.41, 5.74) is 1.83. The third-order valence-electron chi connectivity index (χ3n) is 4.25. The van der Waals surface area contributed by atoms with Gasteiger partial charge in [0.05, 0.1) is 24.9 Å². The smallest absolute Gasteiger partial charge is 0.320 e. The first-order valence-corrected chi connectivity index (χ1v) is 9.49. The lowest BCUT2D eigenvalue weighted by Crippen LogP contribution is -2.31. The maximum atomic E-state index is 12.4. The quantitative estimate of drug-likeness (QED) is 0.616. The van der Waals surface area contributed by atoms with Crippen LogP contribution in [0.5, 0.6) is 11.5 Å². The normalized spacial score (nSPS) is 11.8. The Labute approximate surface area is 170 Å². The second-order valence-electron chi connectivity index (χ2n) is 6.88. The number of methoxy groups -OCH3 is 1. The number of nitrogens with zero attached hydrogens (tertiary/aromatic N) is 2. The molecule has 0 saturated carbocycles. The number of hydrogen-bond donors (Lipinski definition) is 2. The molecule has 0 aliphatic heterocycles. The number of carbonyl (C=O) groups excluding carboxylic acids is 1. The van der Waals surface area contributed by atoms with E-state index in [1.165, 1.54) is 0 Å². The van der Waals surface area contributed by atoms with E-state index in [2.05, 4.69) is 15.7 Å². The first-order valence-electron chi connectivity index (χ1n) is 9.49. The van der Waals surface area contributed by atoms with Gasteiger partial charge in [0.25, 0.3) is 0 Å². The Morgan fingerprint density at radius 2 is 1.79 bits per heavy atom. The van der Waals surface area contributed by atoms with Gasteiger partial charge in [-0.2, -0.15) is 0 Å². The highest BCUT2D eigenvalue weighted by Gasteiger charge is 2.14. The second kappa shape index (κ2) is 9.14. The minimum Gasteiger partial charge on any atom is -0.493 e. The summed E-state index contributed by atoms with van der Waals surface area (Å²) in [6.07, 6.45) is 1.85. The second-order valence-corrected chi connectivity index (χ2v) is 6.88. The summed E-state index contributed by atoms with van der Waals surface area (Å²) in [6.45, 7) is 5.82. The Bertz CT molecular complexity index is 954. The van der Waals surface area contributed by atoms with Crippen molar-refractivity contribution in [1.82, 2.24) is 15.1 Å². The molecule has 7 heteroatoms. The average Bonchev–Trinajstić information content (AvgIpc) is 3.16. The van der Waals surface area contributed by atoms with Gasteiger partial charge in [0.15, 0.2) is 17.3 Å². The van der Waals surface area contributed by atoms with Crippen LogP contribution in [0.15, 0.2) is 60.8 Å². The molecule has 2 N–H and O–H groups in total. The van der Waals surface area contributed by atoms with Crippen molar-refractivity contribution in [3.63, 3.8) is 0 Å². The van der Waals surface area contributed by atoms with Crippen LogP contribution in [-0.2, 0) is 0 Å². The number of nitrogens with one attached hydrogen (secondary N) is 2. The summed E-state index contributed by atoms with van der Waals surface area (Å²) in [5.74, 6) is 1.78. The summed E-state index contributed by atoms with van der Waals surface area (Å²) in [5, 5.41) is 10.0. The Morgan fingerprint density at radius 1 is 1.03 bits per heavy atom. The molecule has 0 spiro atoms. The van der Waals surface area contributed by atoms with E-state index in [1.807, 2.05) is 69.3 Å². The largest absolute Gasteiger partial charge is 0.493 e. The van der Waals surface area contributed by atoms with Crippen molar-refractivity contribution in [3.05, 3.63) is 66.4 Å². The Morgan fingerprint density at radius 3 is 2.48 bits per heavy atom. The molecular weight excluding hydrogens is 368 g/mol. The Kier molecular flexibility index (Phi) is 6.39. The number of hydrogen-bond acceptors (Lipinski definition) is 4. The number of anilines is 1. The van der Waals surface area contributed by atoms with Gasteiger partial charge in [-0.05, 0) is 50.6 Å². The van der Waals surface area contributed by atoms with Crippen LogP contribution in [0.2, 0.25) is 0 Å². The van der Waals surface area contributed by atoms with E-state index >= 15 is 0 Å². The van der Waals surface area contributed by atoms with Gasteiger partial charge in [0.1, 0.15) is 0 Å². The topological polar surface area (TPSA) is 77.4 Å². The van der Waals surface area contributed by atoms with Gasteiger partial charge in [-0.3, -0.25) is 5.32 Å². The minimum absolute atomic E-state index is 0.0479. The summed E-state index contributed by atoms with van der Waals surface area (Å²) in [6, 6.07) is 16.5. The number of carbonyl (C=O) groups is 1. The van der Waals surface area contributed by atoms with Gasteiger partial charge in [0, 0.05) is 12.3 Å². The lowest BCUT2D eigenvalue weighted by atomic mass is 10.1. The average molecular weight is 394 g/mol. The van der Waals surface area contributed by atoms with Crippen LogP contribution in [0.4, 0.5) is 10.6 Å². The fourth-order valence-electron chi connectivity index (χ4n) is 2.85. The van der Waals surface area contributed by atoms with Crippen LogP contribution >= 0.6 is 0 Å². The Hall–Kier alpha value is -3.48. The third-order valence-corrected chi connectivity index (χ3v) is 4.25. The molecule has 2 amide bonds. The first kappa shape index (κ1) is 20.3. The SMILES string of the molecule is COc1cc([C@@H](C)NC(=O)Nc2ccn(-c3ccccc3)n2)ccc1OC(C)C. The van der Waals surface area contributed by atoms with E-state index in [0.717, 1.165) is 11.3 Å². The van der Waals surface area contributed by atoms with Crippen molar-refractivity contribution in [2.24, 2.45) is 0 Å². The molecule has 1 atom stereocenters. The molecule has 0 unspecified atom stereocenters. The van der Waals surface area contributed by atoms with E-state index in [-0.39, 0.29) is 18.2 Å². The molecule has 0 fully saturated rings. The van der Waals surface area contributed by atoms with E-state index in [1.54, 1.807) is 24.1 Å². The zero-order valence-electron chi connectivity index (χ0n) is 17.0. The van der Waals surface area contributed by atoms with E-state index < -0.39 is 0 Å². The van der Waals surface area contributed by atoms with Crippen molar-refractivity contribution in [2.45, 2.75) is 32.9 Å². The molecule has 0 saturated heterocycles. The highest BCUT2D eigenvalue weighted by Crippen LogP contribution is 2.31. The van der Waals surface area contributed by atoms with E-state index in [4.69, 9.17) is 9.47 Å². The van der Waals surface area contributed by atoms with Gasteiger partial charge in [0.2, 0.25) is 0 Å². The molecule has 0 aliphatic rings. The maximum Gasteiger partial charge on any atom is 0.320 e. The molecule has 3 aromatic rings. The Balaban J connectivity index is 1.63. The lowest BCUT2D eigenvalue weighted by molar-refractivity contribution is 0.230. The summed E-state index contributed by atoms with van der Waals surface area (Å²) < 4.78 is 12.9. The highest BCUT2D eigenvalue weighted by atomic mass is 16.5. The number of rotatable bonds is 7. The van der Waals surface area contributed by atoms with Crippen molar-refractivity contribution in [1.29, 1.82) is 0 Å².